The highest BCUT2D eigenvalue weighted by Crippen LogP contribution is 2.55. The number of hydrogen-bond acceptors (Lipinski definition) is 5. The molecule has 1 saturated carbocycles. The predicted octanol–water partition coefficient (Wildman–Crippen LogP) is 5.64. The molecule has 2 fully saturated rings. The van der Waals surface area contributed by atoms with Crippen LogP contribution >= 0.6 is 11.6 Å². The third-order valence-corrected chi connectivity index (χ3v) is 6.56. The largest absolute Gasteiger partial charge is 0.573 e. The minimum absolute atomic E-state index is 0.107. The number of nitrogens with one attached hydrogen (secondary N) is 1. The third-order valence-electron chi connectivity index (χ3n) is 6.31. The SMILES string of the molecule is CC1CC12C(=O)N(c1ccc(OC(F)(F)F)cc1)C(=O)N2c1ccnc(NC(=O)c2ccc(Cl)cc2)c1. The minimum Gasteiger partial charge on any atom is -0.406 e. The van der Waals surface area contributed by atoms with Crippen molar-refractivity contribution in [2.24, 2.45) is 5.92 Å². The molecule has 2 unspecified atom stereocenters. The second kappa shape index (κ2) is 8.77. The molecule has 190 valence electrons. The number of carbonyl (C=O) groups excluding carboxylic acids is 3. The number of halogens is 4. The monoisotopic (exact) mass is 530 g/mol. The summed E-state index contributed by atoms with van der Waals surface area (Å²) in [4.78, 5) is 46.0. The summed E-state index contributed by atoms with van der Waals surface area (Å²) >= 11 is 5.86. The molecule has 2 aliphatic rings. The summed E-state index contributed by atoms with van der Waals surface area (Å²) in [6.45, 7) is 1.83. The van der Waals surface area contributed by atoms with Gasteiger partial charge in [-0.15, -0.1) is 13.2 Å². The van der Waals surface area contributed by atoms with Crippen LogP contribution in [0.3, 0.4) is 0 Å². The number of imide groups is 1. The fourth-order valence-electron chi connectivity index (χ4n) is 4.45. The Hall–Kier alpha value is -4.12. The van der Waals surface area contributed by atoms with Gasteiger partial charge in [-0.1, -0.05) is 18.5 Å². The van der Waals surface area contributed by atoms with Crippen LogP contribution in [-0.4, -0.2) is 34.7 Å². The van der Waals surface area contributed by atoms with Gasteiger partial charge in [0, 0.05) is 22.8 Å². The van der Waals surface area contributed by atoms with E-state index in [1.807, 2.05) is 6.92 Å². The highest BCUT2D eigenvalue weighted by molar-refractivity contribution is 6.32. The molecule has 2 atom stereocenters. The lowest BCUT2D eigenvalue weighted by atomic mass is 10.1. The lowest BCUT2D eigenvalue weighted by molar-refractivity contribution is -0.274. The number of benzene rings is 2. The molecular weight excluding hydrogens is 513 g/mol. The zero-order chi connectivity index (χ0) is 26.5. The number of ether oxygens (including phenoxy) is 1. The van der Waals surface area contributed by atoms with E-state index in [1.165, 1.54) is 29.3 Å². The Bertz CT molecular complexity index is 1400. The average Bonchev–Trinajstić information content (AvgIpc) is 3.45. The molecule has 1 aliphatic heterocycles. The summed E-state index contributed by atoms with van der Waals surface area (Å²) in [5.74, 6) is -1.41. The van der Waals surface area contributed by atoms with Crippen LogP contribution < -0.4 is 19.9 Å². The molecule has 3 aromatic rings. The minimum atomic E-state index is -4.87. The Morgan fingerprint density at radius 1 is 1.08 bits per heavy atom. The number of hydrogen-bond donors (Lipinski definition) is 1. The van der Waals surface area contributed by atoms with Crippen LogP contribution in [0.15, 0.2) is 66.9 Å². The first-order chi connectivity index (χ1) is 17.5. The van der Waals surface area contributed by atoms with Gasteiger partial charge in [0.15, 0.2) is 0 Å². The molecule has 1 spiro atoms. The summed E-state index contributed by atoms with van der Waals surface area (Å²) in [5, 5.41) is 3.14. The van der Waals surface area contributed by atoms with Crippen molar-refractivity contribution in [3.63, 3.8) is 0 Å². The highest BCUT2D eigenvalue weighted by Gasteiger charge is 2.70. The first kappa shape index (κ1) is 24.6. The zero-order valence-electron chi connectivity index (χ0n) is 19.1. The fraction of sp³-hybridized carbons (Fsp3) is 0.200. The van der Waals surface area contributed by atoms with E-state index in [2.05, 4.69) is 15.0 Å². The molecule has 2 heterocycles. The van der Waals surface area contributed by atoms with Crippen molar-refractivity contribution in [1.29, 1.82) is 0 Å². The molecule has 37 heavy (non-hydrogen) atoms. The van der Waals surface area contributed by atoms with E-state index in [0.29, 0.717) is 22.7 Å². The second-order valence-electron chi connectivity index (χ2n) is 8.69. The topological polar surface area (TPSA) is 91.8 Å². The van der Waals surface area contributed by atoms with Crippen LogP contribution in [0.25, 0.3) is 0 Å². The van der Waals surface area contributed by atoms with Gasteiger partial charge in [0.1, 0.15) is 17.1 Å². The van der Waals surface area contributed by atoms with E-state index in [-0.39, 0.29) is 17.4 Å². The Morgan fingerprint density at radius 3 is 2.32 bits per heavy atom. The maximum Gasteiger partial charge on any atom is 0.573 e. The Balaban J connectivity index is 1.42. The smallest absolute Gasteiger partial charge is 0.406 e. The van der Waals surface area contributed by atoms with Gasteiger partial charge in [0.25, 0.3) is 11.8 Å². The van der Waals surface area contributed by atoms with Crippen molar-refractivity contribution in [1.82, 2.24) is 4.98 Å². The molecule has 1 N–H and O–H groups in total. The summed E-state index contributed by atoms with van der Waals surface area (Å²) in [6, 6.07) is 13.1. The van der Waals surface area contributed by atoms with E-state index in [9.17, 15) is 27.6 Å². The van der Waals surface area contributed by atoms with E-state index >= 15 is 0 Å². The summed E-state index contributed by atoms with van der Waals surface area (Å²) < 4.78 is 41.4. The average molecular weight is 531 g/mol. The van der Waals surface area contributed by atoms with Crippen molar-refractivity contribution in [3.05, 3.63) is 77.4 Å². The third kappa shape index (κ3) is 4.46. The highest BCUT2D eigenvalue weighted by atomic mass is 35.5. The molecular formula is C25H18ClF3N4O4. The number of carbonyl (C=O) groups is 3. The van der Waals surface area contributed by atoms with Crippen LogP contribution in [0.4, 0.5) is 35.2 Å². The van der Waals surface area contributed by atoms with E-state index in [1.54, 1.807) is 30.3 Å². The second-order valence-corrected chi connectivity index (χ2v) is 9.13. The predicted molar refractivity (Wildman–Crippen MR) is 129 cm³/mol. The quantitative estimate of drug-likeness (QED) is 0.431. The van der Waals surface area contributed by atoms with Gasteiger partial charge < -0.3 is 10.1 Å². The van der Waals surface area contributed by atoms with Crippen LogP contribution in [-0.2, 0) is 4.79 Å². The number of amides is 4. The molecule has 4 amide bonds. The number of urea groups is 1. The summed E-state index contributed by atoms with van der Waals surface area (Å²) in [5.41, 5.74) is -0.350. The van der Waals surface area contributed by atoms with Crippen molar-refractivity contribution in [2.45, 2.75) is 25.2 Å². The van der Waals surface area contributed by atoms with Gasteiger partial charge in [-0.3, -0.25) is 14.5 Å². The maximum absolute atomic E-state index is 13.5. The van der Waals surface area contributed by atoms with Crippen LogP contribution in [0.2, 0.25) is 5.02 Å². The number of pyridine rings is 1. The molecule has 5 rings (SSSR count). The van der Waals surface area contributed by atoms with Gasteiger partial charge in [-0.25, -0.2) is 14.7 Å². The van der Waals surface area contributed by atoms with Crippen LogP contribution in [0, 0.1) is 5.92 Å². The fourth-order valence-corrected chi connectivity index (χ4v) is 4.57. The first-order valence-electron chi connectivity index (χ1n) is 11.1. The molecule has 8 nitrogen and oxygen atoms in total. The lowest BCUT2D eigenvalue weighted by Crippen LogP contribution is -2.39. The van der Waals surface area contributed by atoms with Gasteiger partial charge in [0.2, 0.25) is 0 Å². The van der Waals surface area contributed by atoms with Gasteiger partial charge in [0.05, 0.1) is 11.4 Å². The van der Waals surface area contributed by atoms with Crippen molar-refractivity contribution < 1.29 is 32.3 Å². The Labute approximate surface area is 213 Å². The van der Waals surface area contributed by atoms with Gasteiger partial charge >= 0.3 is 12.4 Å². The van der Waals surface area contributed by atoms with Crippen LogP contribution in [0.1, 0.15) is 23.7 Å². The molecule has 12 heteroatoms. The molecule has 1 aromatic heterocycles. The van der Waals surface area contributed by atoms with Gasteiger partial charge in [-0.05, 0) is 66.9 Å². The number of aromatic nitrogens is 1. The van der Waals surface area contributed by atoms with Crippen LogP contribution in [0.5, 0.6) is 5.75 Å². The number of anilines is 3. The molecule has 1 saturated heterocycles. The first-order valence-corrected chi connectivity index (χ1v) is 11.4. The van der Waals surface area contributed by atoms with E-state index in [4.69, 9.17) is 11.6 Å². The van der Waals surface area contributed by atoms with Crippen molar-refractivity contribution in [2.75, 3.05) is 15.1 Å². The Morgan fingerprint density at radius 2 is 1.73 bits per heavy atom. The molecule has 2 aromatic carbocycles. The standard InChI is InChI=1S/C25H18ClF3N4O4/c1-14-13-24(14)22(35)32(17-6-8-19(9-7-17)37-25(27,28)29)23(36)33(24)18-10-11-30-20(12-18)31-21(34)15-2-4-16(26)5-3-15/h2-12,14H,13H2,1H3,(H,30,31,34). The van der Waals surface area contributed by atoms with Gasteiger partial charge in [-0.2, -0.15) is 0 Å². The number of alkyl halides is 3. The molecule has 0 radical (unpaired) electrons. The molecule has 1 aliphatic carbocycles. The number of rotatable bonds is 5. The van der Waals surface area contributed by atoms with E-state index < -0.39 is 35.5 Å². The Kier molecular flexibility index (Phi) is 5.82. The normalized spacial score (nSPS) is 20.9. The van der Waals surface area contributed by atoms with Crippen molar-refractivity contribution >= 4 is 46.6 Å². The van der Waals surface area contributed by atoms with E-state index in [0.717, 1.165) is 17.0 Å². The zero-order valence-corrected chi connectivity index (χ0v) is 19.9. The lowest BCUT2D eigenvalue weighted by Gasteiger charge is -2.22. The maximum atomic E-state index is 13.5. The van der Waals surface area contributed by atoms with Crippen molar-refractivity contribution in [3.8, 4) is 5.75 Å². The summed E-state index contributed by atoms with van der Waals surface area (Å²) in [7, 11) is 0. The summed E-state index contributed by atoms with van der Waals surface area (Å²) in [6.07, 6.45) is -3.07. The molecule has 0 bridgehead atoms. The number of nitrogens with zero attached hydrogens (tertiary/aromatic N) is 3.